The normalized spacial score (nSPS) is 15.7. The molecule has 1 aliphatic heterocycles. The fourth-order valence-electron chi connectivity index (χ4n) is 1.90. The molecule has 0 aromatic rings. The fraction of sp³-hybridized carbons (Fsp3) is 0.727. The first kappa shape index (κ1) is 16.0. The van der Waals surface area contributed by atoms with Gasteiger partial charge in [-0.25, -0.2) is 9.59 Å². The third-order valence-corrected chi connectivity index (χ3v) is 3.00. The molecule has 0 bridgehead atoms. The van der Waals surface area contributed by atoms with E-state index in [0.29, 0.717) is 45.8 Å². The van der Waals surface area contributed by atoms with E-state index in [1.807, 2.05) is 4.90 Å². The van der Waals surface area contributed by atoms with Gasteiger partial charge in [-0.05, 0) is 0 Å². The summed E-state index contributed by atoms with van der Waals surface area (Å²) in [7, 11) is 0. The predicted molar refractivity (Wildman–Crippen MR) is 71.3 cm³/mol. The van der Waals surface area contributed by atoms with Crippen molar-refractivity contribution in [2.45, 2.75) is 6.42 Å². The molecule has 0 unspecified atom stereocenters. The van der Waals surface area contributed by atoms with E-state index >= 15 is 0 Å². The first-order valence-corrected chi connectivity index (χ1v) is 6.49. The zero-order chi connectivity index (χ0) is 15.0. The molecule has 0 aliphatic carbocycles. The maximum absolute atomic E-state index is 11.8. The van der Waals surface area contributed by atoms with Gasteiger partial charge in [0.2, 0.25) is 0 Å². The number of hydrogen-bond acceptors (Lipinski definition) is 4. The lowest BCUT2D eigenvalue weighted by Crippen LogP contribution is -2.52. The van der Waals surface area contributed by atoms with E-state index in [9.17, 15) is 14.4 Å². The van der Waals surface area contributed by atoms with E-state index in [4.69, 9.17) is 10.8 Å². The van der Waals surface area contributed by atoms with Crippen molar-refractivity contribution in [2.75, 3.05) is 45.8 Å². The molecule has 0 saturated carbocycles. The predicted octanol–water partition coefficient (Wildman–Crippen LogP) is -1.54. The van der Waals surface area contributed by atoms with Crippen LogP contribution in [-0.2, 0) is 4.79 Å². The SMILES string of the molecule is NC(=O)NCCNC(=O)N1CCN(CCC(=O)O)CC1. The summed E-state index contributed by atoms with van der Waals surface area (Å²) < 4.78 is 0. The Morgan fingerprint density at radius 2 is 1.65 bits per heavy atom. The fourth-order valence-corrected chi connectivity index (χ4v) is 1.90. The van der Waals surface area contributed by atoms with Gasteiger partial charge in [-0.15, -0.1) is 0 Å². The van der Waals surface area contributed by atoms with Crippen LogP contribution < -0.4 is 16.4 Å². The minimum atomic E-state index is -0.813. The van der Waals surface area contributed by atoms with Gasteiger partial charge in [0, 0.05) is 45.8 Å². The first-order valence-electron chi connectivity index (χ1n) is 6.49. The number of hydrogen-bond donors (Lipinski definition) is 4. The minimum absolute atomic E-state index is 0.116. The second kappa shape index (κ2) is 8.20. The Kier molecular flexibility index (Phi) is 6.57. The number of carboxylic acids is 1. The highest BCUT2D eigenvalue weighted by molar-refractivity contribution is 5.74. The molecule has 9 heteroatoms. The van der Waals surface area contributed by atoms with Gasteiger partial charge in [-0.1, -0.05) is 0 Å². The summed E-state index contributed by atoms with van der Waals surface area (Å²) >= 11 is 0. The summed E-state index contributed by atoms with van der Waals surface area (Å²) in [5, 5.41) is 13.7. The van der Waals surface area contributed by atoms with E-state index in [2.05, 4.69) is 10.6 Å². The number of carbonyl (C=O) groups excluding carboxylic acids is 2. The second-order valence-electron chi connectivity index (χ2n) is 4.50. The number of nitrogens with zero attached hydrogens (tertiary/aromatic N) is 2. The molecule has 1 saturated heterocycles. The molecule has 5 N–H and O–H groups in total. The number of carboxylic acid groups (broad SMARTS) is 1. The molecule has 0 atom stereocenters. The second-order valence-corrected chi connectivity index (χ2v) is 4.50. The largest absolute Gasteiger partial charge is 0.481 e. The van der Waals surface area contributed by atoms with Gasteiger partial charge in [-0.3, -0.25) is 9.69 Å². The Morgan fingerprint density at radius 3 is 2.20 bits per heavy atom. The van der Waals surface area contributed by atoms with Crippen molar-refractivity contribution in [2.24, 2.45) is 5.73 Å². The molecule has 1 aliphatic rings. The van der Waals surface area contributed by atoms with Crippen LogP contribution in [0.2, 0.25) is 0 Å². The zero-order valence-corrected chi connectivity index (χ0v) is 11.3. The summed E-state index contributed by atoms with van der Waals surface area (Å²) in [6.45, 7) is 3.58. The van der Waals surface area contributed by atoms with Crippen LogP contribution in [0.5, 0.6) is 0 Å². The van der Waals surface area contributed by atoms with Crippen LogP contribution in [0.25, 0.3) is 0 Å². The molecule has 1 fully saturated rings. The average Bonchev–Trinajstić information content (AvgIpc) is 2.41. The molecule has 0 radical (unpaired) electrons. The van der Waals surface area contributed by atoms with Gasteiger partial charge in [0.05, 0.1) is 6.42 Å². The Labute approximate surface area is 117 Å². The highest BCUT2D eigenvalue weighted by atomic mass is 16.4. The van der Waals surface area contributed by atoms with E-state index in [1.54, 1.807) is 4.90 Å². The maximum Gasteiger partial charge on any atom is 0.317 e. The number of urea groups is 2. The lowest BCUT2D eigenvalue weighted by molar-refractivity contribution is -0.137. The van der Waals surface area contributed by atoms with E-state index in [-0.39, 0.29) is 12.5 Å². The summed E-state index contributed by atoms with van der Waals surface area (Å²) in [6, 6.07) is -0.805. The molecule has 4 amide bonds. The Balaban J connectivity index is 2.15. The molecule has 114 valence electrons. The number of aliphatic carboxylic acids is 1. The highest BCUT2D eigenvalue weighted by Crippen LogP contribution is 2.02. The van der Waals surface area contributed by atoms with Crippen LogP contribution in [0, 0.1) is 0 Å². The molecule has 0 spiro atoms. The third-order valence-electron chi connectivity index (χ3n) is 3.00. The zero-order valence-electron chi connectivity index (χ0n) is 11.3. The quantitative estimate of drug-likeness (QED) is 0.440. The Bertz CT molecular complexity index is 355. The highest BCUT2D eigenvalue weighted by Gasteiger charge is 2.20. The lowest BCUT2D eigenvalue weighted by atomic mass is 10.3. The number of carbonyl (C=O) groups is 3. The van der Waals surface area contributed by atoms with E-state index in [1.165, 1.54) is 0 Å². The number of nitrogens with one attached hydrogen (secondary N) is 2. The molecule has 9 nitrogen and oxygen atoms in total. The van der Waals surface area contributed by atoms with Crippen molar-refractivity contribution in [1.82, 2.24) is 20.4 Å². The molecule has 1 heterocycles. The molecular weight excluding hydrogens is 266 g/mol. The van der Waals surface area contributed by atoms with Crippen molar-refractivity contribution in [3.8, 4) is 0 Å². The summed E-state index contributed by atoms with van der Waals surface area (Å²) in [4.78, 5) is 36.4. The van der Waals surface area contributed by atoms with Crippen LogP contribution in [0.15, 0.2) is 0 Å². The maximum atomic E-state index is 11.8. The molecule has 20 heavy (non-hydrogen) atoms. The standard InChI is InChI=1S/C11H21N5O4/c12-10(19)13-2-3-14-11(20)16-7-5-15(6-8-16)4-1-9(17)18/h1-8H2,(H,14,20)(H,17,18)(H3,12,13,19). The van der Waals surface area contributed by atoms with E-state index < -0.39 is 12.0 Å². The van der Waals surface area contributed by atoms with Crippen molar-refractivity contribution in [1.29, 1.82) is 0 Å². The van der Waals surface area contributed by atoms with Gasteiger partial charge in [0.15, 0.2) is 0 Å². The molecular formula is C11H21N5O4. The van der Waals surface area contributed by atoms with Crippen LogP contribution in [0.1, 0.15) is 6.42 Å². The molecule has 0 aromatic carbocycles. The smallest absolute Gasteiger partial charge is 0.317 e. The third kappa shape index (κ3) is 6.23. The van der Waals surface area contributed by atoms with Gasteiger partial charge >= 0.3 is 18.0 Å². The van der Waals surface area contributed by atoms with Gasteiger partial charge < -0.3 is 26.4 Å². The van der Waals surface area contributed by atoms with Gasteiger partial charge in [0.25, 0.3) is 0 Å². The number of rotatable bonds is 6. The lowest BCUT2D eigenvalue weighted by Gasteiger charge is -2.34. The minimum Gasteiger partial charge on any atom is -0.481 e. The number of piperazine rings is 1. The Hall–Kier alpha value is -2.03. The van der Waals surface area contributed by atoms with Gasteiger partial charge in [0.1, 0.15) is 0 Å². The number of amides is 4. The molecule has 0 aromatic heterocycles. The van der Waals surface area contributed by atoms with Crippen molar-refractivity contribution in [3.63, 3.8) is 0 Å². The summed E-state index contributed by atoms with van der Waals surface area (Å²) in [5.74, 6) is -0.813. The average molecular weight is 287 g/mol. The summed E-state index contributed by atoms with van der Waals surface area (Å²) in [5.41, 5.74) is 4.90. The topological polar surface area (TPSA) is 128 Å². The number of nitrogens with two attached hydrogens (primary N) is 1. The van der Waals surface area contributed by atoms with Crippen molar-refractivity contribution in [3.05, 3.63) is 0 Å². The number of primary amides is 1. The summed E-state index contributed by atoms with van der Waals surface area (Å²) in [6.07, 6.45) is 0.116. The van der Waals surface area contributed by atoms with Gasteiger partial charge in [-0.2, -0.15) is 0 Å². The monoisotopic (exact) mass is 287 g/mol. The Morgan fingerprint density at radius 1 is 1.05 bits per heavy atom. The van der Waals surface area contributed by atoms with Crippen molar-refractivity contribution < 1.29 is 19.5 Å². The van der Waals surface area contributed by atoms with Crippen molar-refractivity contribution >= 4 is 18.0 Å². The first-order chi connectivity index (χ1) is 9.49. The molecule has 1 rings (SSSR count). The van der Waals surface area contributed by atoms with Crippen LogP contribution in [0.3, 0.4) is 0 Å². The van der Waals surface area contributed by atoms with Crippen LogP contribution in [-0.4, -0.2) is 78.8 Å². The van der Waals surface area contributed by atoms with Crippen LogP contribution in [0.4, 0.5) is 9.59 Å². The van der Waals surface area contributed by atoms with E-state index in [0.717, 1.165) is 0 Å². The van der Waals surface area contributed by atoms with Crippen LogP contribution >= 0.6 is 0 Å².